The van der Waals surface area contributed by atoms with E-state index in [0.29, 0.717) is 5.56 Å². The third kappa shape index (κ3) is 4.56. The molecule has 2 aromatic heterocycles. The van der Waals surface area contributed by atoms with Crippen molar-refractivity contribution in [3.8, 4) is 11.3 Å². The molecule has 0 fully saturated rings. The van der Waals surface area contributed by atoms with E-state index in [9.17, 15) is 9.59 Å². The van der Waals surface area contributed by atoms with E-state index in [-0.39, 0.29) is 17.9 Å². The van der Waals surface area contributed by atoms with E-state index in [2.05, 4.69) is 15.3 Å². The van der Waals surface area contributed by atoms with E-state index in [1.54, 1.807) is 12.4 Å². The highest BCUT2D eigenvalue weighted by atomic mass is 16.1. The van der Waals surface area contributed by atoms with Gasteiger partial charge in [0.25, 0.3) is 0 Å². The van der Waals surface area contributed by atoms with Crippen molar-refractivity contribution in [2.45, 2.75) is 34.2 Å². The van der Waals surface area contributed by atoms with Gasteiger partial charge in [0.15, 0.2) is 5.43 Å². The number of aromatic amines is 1. The van der Waals surface area contributed by atoms with Gasteiger partial charge in [-0.1, -0.05) is 13.8 Å². The molecule has 0 saturated heterocycles. The fraction of sp³-hybridized carbons (Fsp3) is 0.312. The van der Waals surface area contributed by atoms with Crippen LogP contribution in [0.5, 0.6) is 0 Å². The summed E-state index contributed by atoms with van der Waals surface area (Å²) in [5.74, 6) is -0.166. The van der Waals surface area contributed by atoms with Crippen molar-refractivity contribution in [1.82, 2.24) is 15.3 Å². The molecule has 0 atom stereocenters. The first-order valence-electron chi connectivity index (χ1n) is 6.95. The summed E-state index contributed by atoms with van der Waals surface area (Å²) >= 11 is 0. The molecule has 2 N–H and O–H groups in total. The van der Waals surface area contributed by atoms with Gasteiger partial charge in [0.05, 0.1) is 5.69 Å². The average molecular weight is 287 g/mol. The zero-order valence-electron chi connectivity index (χ0n) is 12.9. The maximum atomic E-state index is 12.1. The lowest BCUT2D eigenvalue weighted by atomic mass is 10.1. The normalized spacial score (nSPS) is 9.52. The first-order valence-corrected chi connectivity index (χ1v) is 6.95. The lowest BCUT2D eigenvalue weighted by Crippen LogP contribution is -2.24. The maximum absolute atomic E-state index is 12.1. The predicted octanol–water partition coefficient (Wildman–Crippen LogP) is 2.41. The molecular weight excluding hydrogens is 266 g/mol. The average Bonchev–Trinajstić information content (AvgIpc) is 2.48. The highest BCUT2D eigenvalue weighted by Crippen LogP contribution is 2.18. The zero-order chi connectivity index (χ0) is 15.8. The highest BCUT2D eigenvalue weighted by Gasteiger charge is 2.10. The van der Waals surface area contributed by atoms with Gasteiger partial charge in [-0.05, 0) is 19.1 Å². The van der Waals surface area contributed by atoms with Crippen LogP contribution >= 0.6 is 0 Å². The number of nitrogens with zero attached hydrogens (tertiary/aromatic N) is 1. The Labute approximate surface area is 124 Å². The van der Waals surface area contributed by atoms with Gasteiger partial charge in [-0.25, -0.2) is 0 Å². The van der Waals surface area contributed by atoms with Gasteiger partial charge in [-0.2, -0.15) is 0 Å². The minimum absolute atomic E-state index is 0.0863. The van der Waals surface area contributed by atoms with E-state index in [4.69, 9.17) is 0 Å². The Bertz CT molecular complexity index is 648. The van der Waals surface area contributed by atoms with E-state index < -0.39 is 0 Å². The van der Waals surface area contributed by atoms with E-state index in [1.807, 2.05) is 32.9 Å². The number of pyridine rings is 2. The fourth-order valence-electron chi connectivity index (χ4n) is 1.87. The predicted molar refractivity (Wildman–Crippen MR) is 83.9 cm³/mol. The van der Waals surface area contributed by atoms with Gasteiger partial charge < -0.3 is 10.3 Å². The summed E-state index contributed by atoms with van der Waals surface area (Å²) in [6.07, 6.45) is 3.33. The van der Waals surface area contributed by atoms with Crippen LogP contribution in [0.4, 0.5) is 0 Å². The number of nitrogens with one attached hydrogen (secondary N) is 2. The molecule has 0 aliphatic heterocycles. The van der Waals surface area contributed by atoms with Gasteiger partial charge in [0.1, 0.15) is 0 Å². The number of hydrogen-bond acceptors (Lipinski definition) is 3. The molecule has 112 valence electrons. The summed E-state index contributed by atoms with van der Waals surface area (Å²) in [4.78, 5) is 30.2. The van der Waals surface area contributed by atoms with Crippen LogP contribution in [0.15, 0.2) is 35.4 Å². The van der Waals surface area contributed by atoms with Gasteiger partial charge in [-0.15, -0.1) is 0 Å². The summed E-state index contributed by atoms with van der Waals surface area (Å²) in [6.45, 7) is 7.46. The monoisotopic (exact) mass is 287 g/mol. The third-order valence-corrected chi connectivity index (χ3v) is 2.75. The molecule has 2 aromatic rings. The van der Waals surface area contributed by atoms with Crippen molar-refractivity contribution in [3.63, 3.8) is 0 Å². The molecule has 0 bridgehead atoms. The van der Waals surface area contributed by atoms with Crippen molar-refractivity contribution in [1.29, 1.82) is 0 Å². The molecule has 21 heavy (non-hydrogen) atoms. The lowest BCUT2D eigenvalue weighted by Gasteiger charge is -2.10. The van der Waals surface area contributed by atoms with Crippen LogP contribution in [0.2, 0.25) is 0 Å². The van der Waals surface area contributed by atoms with Crippen molar-refractivity contribution in [2.24, 2.45) is 0 Å². The molecule has 5 nitrogen and oxygen atoms in total. The second kappa shape index (κ2) is 7.99. The number of hydrogen-bond donors (Lipinski definition) is 2. The number of carbonyl (C=O) groups excluding carboxylic acids is 1. The van der Waals surface area contributed by atoms with Crippen LogP contribution < -0.4 is 10.7 Å². The summed E-state index contributed by atoms with van der Waals surface area (Å²) < 4.78 is 0. The van der Waals surface area contributed by atoms with Crippen LogP contribution in [0.1, 0.15) is 32.0 Å². The van der Waals surface area contributed by atoms with Gasteiger partial charge >= 0.3 is 0 Å². The second-order valence-corrected chi connectivity index (χ2v) is 4.32. The molecule has 0 aliphatic carbocycles. The largest absolute Gasteiger partial charge is 0.358 e. The summed E-state index contributed by atoms with van der Waals surface area (Å²) in [5.41, 5.74) is 2.84. The molecule has 2 rings (SSSR count). The van der Waals surface area contributed by atoms with Gasteiger partial charge in [0.2, 0.25) is 5.91 Å². The molecular formula is C16H21N3O2. The highest BCUT2D eigenvalue weighted by molar-refractivity contribution is 5.73. The number of amides is 1. The van der Waals surface area contributed by atoms with E-state index >= 15 is 0 Å². The van der Waals surface area contributed by atoms with Crippen molar-refractivity contribution in [3.05, 3.63) is 52.1 Å². The first kappa shape index (κ1) is 16.6. The smallest absolute Gasteiger partial charge is 0.217 e. The van der Waals surface area contributed by atoms with Crippen LogP contribution in [-0.4, -0.2) is 15.9 Å². The summed E-state index contributed by atoms with van der Waals surface area (Å²) in [7, 11) is 0. The Hall–Kier alpha value is -2.43. The van der Waals surface area contributed by atoms with Crippen molar-refractivity contribution >= 4 is 5.91 Å². The molecule has 1 amide bonds. The quantitative estimate of drug-likeness (QED) is 0.910. The number of carbonyl (C=O) groups is 1. The Morgan fingerprint density at radius 3 is 2.48 bits per heavy atom. The third-order valence-electron chi connectivity index (χ3n) is 2.75. The van der Waals surface area contributed by atoms with Crippen molar-refractivity contribution in [2.75, 3.05) is 0 Å². The number of H-pyrrole nitrogens is 1. The number of rotatable bonds is 3. The minimum atomic E-state index is -0.166. The lowest BCUT2D eigenvalue weighted by molar-refractivity contribution is -0.119. The fourth-order valence-corrected chi connectivity index (χ4v) is 1.87. The molecule has 0 radical (unpaired) electrons. The summed E-state index contributed by atoms with van der Waals surface area (Å²) in [6, 6.07) is 5.17. The summed E-state index contributed by atoms with van der Waals surface area (Å²) in [5, 5.41) is 2.66. The topological polar surface area (TPSA) is 74.8 Å². The van der Waals surface area contributed by atoms with Gasteiger partial charge in [-0.3, -0.25) is 14.6 Å². The molecule has 0 unspecified atom stereocenters. The Balaban J connectivity index is 0.00000106. The zero-order valence-corrected chi connectivity index (χ0v) is 12.9. The molecule has 0 aliphatic rings. The Kier molecular flexibility index (Phi) is 6.33. The van der Waals surface area contributed by atoms with Crippen LogP contribution in [0, 0.1) is 6.92 Å². The number of aromatic nitrogens is 2. The van der Waals surface area contributed by atoms with Crippen molar-refractivity contribution < 1.29 is 4.79 Å². The Morgan fingerprint density at radius 2 is 1.90 bits per heavy atom. The second-order valence-electron chi connectivity index (χ2n) is 4.32. The van der Waals surface area contributed by atoms with E-state index in [0.717, 1.165) is 17.0 Å². The van der Waals surface area contributed by atoms with Gasteiger partial charge in [0, 0.05) is 48.7 Å². The minimum Gasteiger partial charge on any atom is -0.358 e. The maximum Gasteiger partial charge on any atom is 0.217 e. The molecule has 2 heterocycles. The Morgan fingerprint density at radius 1 is 1.29 bits per heavy atom. The SMILES string of the molecule is CC.CC(=O)NCc1c(-c2ccncc2)[nH]c(C)cc1=O. The molecule has 5 heteroatoms. The van der Waals surface area contributed by atoms with Crippen LogP contribution in [-0.2, 0) is 11.3 Å². The van der Waals surface area contributed by atoms with E-state index in [1.165, 1.54) is 13.0 Å². The first-order chi connectivity index (χ1) is 10.1. The van der Waals surface area contributed by atoms with Crippen LogP contribution in [0.3, 0.4) is 0 Å². The van der Waals surface area contributed by atoms with Crippen LogP contribution in [0.25, 0.3) is 11.3 Å². The number of aryl methyl sites for hydroxylation is 1. The molecule has 0 aromatic carbocycles. The molecule has 0 saturated carbocycles. The standard InChI is InChI=1S/C14H15N3O2.C2H6/c1-9-7-13(19)12(8-16-10(2)18)14(17-9)11-3-5-15-6-4-11;1-2/h3-7H,8H2,1-2H3,(H,16,18)(H,17,19);1-2H3. The molecule has 0 spiro atoms.